The minimum absolute atomic E-state index is 0.248. The van der Waals surface area contributed by atoms with Crippen LogP contribution in [0.3, 0.4) is 0 Å². The van der Waals surface area contributed by atoms with Gasteiger partial charge in [-0.15, -0.1) is 11.8 Å². The Morgan fingerprint density at radius 2 is 2.24 bits per heavy atom. The average molecular weight is 318 g/mol. The third kappa shape index (κ3) is 5.42. The summed E-state index contributed by atoms with van der Waals surface area (Å²) in [6.45, 7) is 2.90. The molecule has 0 saturated carbocycles. The predicted molar refractivity (Wildman–Crippen MR) is 78.7 cm³/mol. The van der Waals surface area contributed by atoms with Crippen molar-refractivity contribution in [1.82, 2.24) is 0 Å². The summed E-state index contributed by atoms with van der Waals surface area (Å²) >= 11 is 5.34. The lowest BCUT2D eigenvalue weighted by Crippen LogP contribution is -2.21. The largest absolute Gasteiger partial charge is 0.384 e. The first-order chi connectivity index (χ1) is 8.17. The van der Waals surface area contributed by atoms with Crippen LogP contribution >= 0.6 is 27.7 Å². The summed E-state index contributed by atoms with van der Waals surface area (Å²) in [6.07, 6.45) is 1.96. The summed E-state index contributed by atoms with van der Waals surface area (Å²) in [7, 11) is 1.73. The van der Waals surface area contributed by atoms with Gasteiger partial charge in [-0.1, -0.05) is 28.9 Å². The Morgan fingerprint density at radius 3 is 2.88 bits per heavy atom. The highest BCUT2D eigenvalue weighted by molar-refractivity contribution is 9.10. The van der Waals surface area contributed by atoms with Crippen molar-refractivity contribution in [2.75, 3.05) is 19.5 Å². The minimum Gasteiger partial charge on any atom is -0.384 e. The topological polar surface area (TPSA) is 35.2 Å². The number of methoxy groups -OCH3 is 1. The summed E-state index contributed by atoms with van der Waals surface area (Å²) in [5.41, 5.74) is 7.36. The summed E-state index contributed by atoms with van der Waals surface area (Å²) < 4.78 is 6.20. The molecular weight excluding hydrogens is 298 g/mol. The molecule has 0 aliphatic heterocycles. The zero-order valence-corrected chi connectivity index (χ0v) is 12.8. The molecule has 0 aliphatic carbocycles. The van der Waals surface area contributed by atoms with Gasteiger partial charge in [-0.05, 0) is 30.5 Å². The molecule has 1 atom stereocenters. The zero-order chi connectivity index (χ0) is 12.7. The van der Waals surface area contributed by atoms with Crippen LogP contribution in [0, 0.1) is 0 Å². The van der Waals surface area contributed by atoms with Crippen LogP contribution in [0.4, 0.5) is 0 Å². The highest BCUT2D eigenvalue weighted by Crippen LogP contribution is 2.27. The molecule has 2 N–H and O–H groups in total. The maximum absolute atomic E-state index is 6.02. The van der Waals surface area contributed by atoms with Crippen molar-refractivity contribution in [3.05, 3.63) is 28.2 Å². The summed E-state index contributed by atoms with van der Waals surface area (Å²) in [6, 6.07) is 6.66. The SMILES string of the molecule is CCC(N)Cc1ccc(Br)cc1SCCOC. The maximum atomic E-state index is 6.02. The number of ether oxygens (including phenoxy) is 1. The van der Waals surface area contributed by atoms with Crippen LogP contribution in [-0.2, 0) is 11.2 Å². The third-order valence-electron chi connectivity index (χ3n) is 2.58. The number of halogens is 1. The standard InChI is InChI=1S/C13H20BrNOS/c1-3-12(15)8-10-4-5-11(14)9-13(10)17-7-6-16-2/h4-5,9,12H,3,6-8,15H2,1-2H3. The molecule has 1 aromatic rings. The van der Waals surface area contributed by atoms with E-state index in [0.29, 0.717) is 0 Å². The fraction of sp³-hybridized carbons (Fsp3) is 0.538. The van der Waals surface area contributed by atoms with E-state index in [1.807, 2.05) is 11.8 Å². The van der Waals surface area contributed by atoms with Gasteiger partial charge in [0, 0.05) is 28.3 Å². The Kier molecular flexibility index (Phi) is 7.19. The van der Waals surface area contributed by atoms with Crippen LogP contribution in [0.2, 0.25) is 0 Å². The van der Waals surface area contributed by atoms with Gasteiger partial charge < -0.3 is 10.5 Å². The number of rotatable bonds is 7. The molecule has 1 unspecified atom stereocenters. The van der Waals surface area contributed by atoms with E-state index < -0.39 is 0 Å². The molecule has 17 heavy (non-hydrogen) atoms. The molecule has 0 bridgehead atoms. The molecule has 4 heteroatoms. The monoisotopic (exact) mass is 317 g/mol. The number of benzene rings is 1. The molecule has 1 aromatic carbocycles. The lowest BCUT2D eigenvalue weighted by Gasteiger charge is -2.13. The fourth-order valence-corrected chi connectivity index (χ4v) is 3.02. The van der Waals surface area contributed by atoms with Gasteiger partial charge in [0.25, 0.3) is 0 Å². The Bertz CT molecular complexity index is 346. The van der Waals surface area contributed by atoms with Crippen LogP contribution in [0.5, 0.6) is 0 Å². The van der Waals surface area contributed by atoms with Crippen molar-refractivity contribution < 1.29 is 4.74 Å². The van der Waals surface area contributed by atoms with E-state index in [1.165, 1.54) is 10.5 Å². The molecule has 1 rings (SSSR count). The lowest BCUT2D eigenvalue weighted by molar-refractivity contribution is 0.218. The molecule has 0 saturated heterocycles. The molecule has 96 valence electrons. The first-order valence-corrected chi connectivity index (χ1v) is 7.61. The normalized spacial score (nSPS) is 12.7. The molecular formula is C13H20BrNOS. The van der Waals surface area contributed by atoms with Crippen molar-refractivity contribution in [2.24, 2.45) is 5.73 Å². The molecule has 0 aromatic heterocycles. The van der Waals surface area contributed by atoms with Crippen LogP contribution in [0.1, 0.15) is 18.9 Å². The van der Waals surface area contributed by atoms with Crippen molar-refractivity contribution in [3.63, 3.8) is 0 Å². The Balaban J connectivity index is 2.72. The van der Waals surface area contributed by atoms with Crippen molar-refractivity contribution in [3.8, 4) is 0 Å². The van der Waals surface area contributed by atoms with E-state index in [0.717, 1.165) is 29.7 Å². The third-order valence-corrected chi connectivity index (χ3v) is 4.14. The predicted octanol–water partition coefficient (Wildman–Crippen LogP) is 3.47. The van der Waals surface area contributed by atoms with E-state index in [4.69, 9.17) is 10.5 Å². The lowest BCUT2D eigenvalue weighted by atomic mass is 10.1. The maximum Gasteiger partial charge on any atom is 0.0556 e. The van der Waals surface area contributed by atoms with Gasteiger partial charge >= 0.3 is 0 Å². The smallest absolute Gasteiger partial charge is 0.0556 e. The van der Waals surface area contributed by atoms with E-state index in [1.54, 1.807) is 7.11 Å². The van der Waals surface area contributed by atoms with Crippen molar-refractivity contribution in [2.45, 2.75) is 30.7 Å². The van der Waals surface area contributed by atoms with Gasteiger partial charge in [0.05, 0.1) is 6.61 Å². The molecule has 0 spiro atoms. The molecule has 0 radical (unpaired) electrons. The van der Waals surface area contributed by atoms with Crippen molar-refractivity contribution in [1.29, 1.82) is 0 Å². The fourth-order valence-electron chi connectivity index (χ4n) is 1.49. The van der Waals surface area contributed by atoms with Crippen LogP contribution in [0.15, 0.2) is 27.6 Å². The second-order valence-corrected chi connectivity index (χ2v) is 6.02. The van der Waals surface area contributed by atoms with E-state index in [-0.39, 0.29) is 6.04 Å². The molecule has 0 aliphatic rings. The second kappa shape index (κ2) is 8.14. The summed E-state index contributed by atoms with van der Waals surface area (Å²) in [5.74, 6) is 0.974. The number of hydrogen-bond donors (Lipinski definition) is 1. The first kappa shape index (κ1) is 15.0. The van der Waals surface area contributed by atoms with Crippen molar-refractivity contribution >= 4 is 27.7 Å². The molecule has 0 amide bonds. The quantitative estimate of drug-likeness (QED) is 0.618. The second-order valence-electron chi connectivity index (χ2n) is 3.97. The van der Waals surface area contributed by atoms with Crippen LogP contribution in [0.25, 0.3) is 0 Å². The molecule has 2 nitrogen and oxygen atoms in total. The highest BCUT2D eigenvalue weighted by Gasteiger charge is 2.08. The number of nitrogens with two attached hydrogens (primary N) is 1. The highest BCUT2D eigenvalue weighted by atomic mass is 79.9. The Hall–Kier alpha value is -0.0300. The van der Waals surface area contributed by atoms with Gasteiger partial charge in [0.15, 0.2) is 0 Å². The average Bonchev–Trinajstić information content (AvgIpc) is 2.32. The van der Waals surface area contributed by atoms with Gasteiger partial charge in [0.1, 0.15) is 0 Å². The Labute approximate surface area is 116 Å². The van der Waals surface area contributed by atoms with E-state index >= 15 is 0 Å². The zero-order valence-electron chi connectivity index (χ0n) is 10.4. The van der Waals surface area contributed by atoms with Crippen LogP contribution in [-0.4, -0.2) is 25.5 Å². The number of thioether (sulfide) groups is 1. The van der Waals surface area contributed by atoms with E-state index in [2.05, 4.69) is 41.1 Å². The summed E-state index contributed by atoms with van der Waals surface area (Å²) in [5, 5.41) is 0. The van der Waals surface area contributed by atoms with Gasteiger partial charge in [-0.2, -0.15) is 0 Å². The molecule has 0 fully saturated rings. The van der Waals surface area contributed by atoms with Crippen LogP contribution < -0.4 is 5.73 Å². The summed E-state index contributed by atoms with van der Waals surface area (Å²) in [4.78, 5) is 1.31. The first-order valence-electron chi connectivity index (χ1n) is 5.83. The van der Waals surface area contributed by atoms with Gasteiger partial charge in [-0.3, -0.25) is 0 Å². The van der Waals surface area contributed by atoms with Gasteiger partial charge in [0.2, 0.25) is 0 Å². The molecule has 0 heterocycles. The van der Waals surface area contributed by atoms with E-state index in [9.17, 15) is 0 Å². The minimum atomic E-state index is 0.248. The number of hydrogen-bond acceptors (Lipinski definition) is 3. The Morgan fingerprint density at radius 1 is 1.47 bits per heavy atom. The van der Waals surface area contributed by atoms with Gasteiger partial charge in [-0.25, -0.2) is 0 Å².